The van der Waals surface area contributed by atoms with Gasteiger partial charge in [0.15, 0.2) is 5.11 Å². The van der Waals surface area contributed by atoms with Crippen molar-refractivity contribution < 1.29 is 4.39 Å². The fourth-order valence-corrected chi connectivity index (χ4v) is 4.09. The average molecular weight is 370 g/mol. The van der Waals surface area contributed by atoms with Gasteiger partial charge >= 0.3 is 0 Å². The van der Waals surface area contributed by atoms with Crippen molar-refractivity contribution in [2.45, 2.75) is 44.7 Å². The Hall–Kier alpha value is -0.910. The summed E-state index contributed by atoms with van der Waals surface area (Å²) >= 11 is 11.7. The molecule has 0 atom stereocenters. The van der Waals surface area contributed by atoms with Crippen LogP contribution in [0.15, 0.2) is 18.2 Å². The van der Waals surface area contributed by atoms with Crippen LogP contribution in [0.4, 0.5) is 4.39 Å². The number of nitrogens with one attached hydrogen (secondary N) is 1. The summed E-state index contributed by atoms with van der Waals surface area (Å²) in [4.78, 5) is 4.62. The standard InChI is InChI=1S/C18H25ClFN3S/c19-17-12-15(20)7-6-14(17)13-22-8-10-23(11-9-22)18(24)21-16-4-2-1-3-5-16/h6-7,12,16H,1-5,8-11,13H2,(H,21,24). The highest BCUT2D eigenvalue weighted by Crippen LogP contribution is 2.20. The number of piperazine rings is 1. The maximum Gasteiger partial charge on any atom is 0.169 e. The summed E-state index contributed by atoms with van der Waals surface area (Å²) < 4.78 is 13.1. The Labute approximate surface area is 154 Å². The Bertz CT molecular complexity index is 569. The summed E-state index contributed by atoms with van der Waals surface area (Å²) in [6.45, 7) is 4.50. The second kappa shape index (κ2) is 8.45. The second-order valence-electron chi connectivity index (χ2n) is 6.78. The van der Waals surface area contributed by atoms with Gasteiger partial charge in [-0.1, -0.05) is 36.9 Å². The molecule has 6 heteroatoms. The van der Waals surface area contributed by atoms with Gasteiger partial charge in [0.25, 0.3) is 0 Å². The predicted molar refractivity (Wildman–Crippen MR) is 101 cm³/mol. The molecule has 24 heavy (non-hydrogen) atoms. The highest BCUT2D eigenvalue weighted by atomic mass is 35.5. The van der Waals surface area contributed by atoms with Gasteiger partial charge in [0.2, 0.25) is 0 Å². The lowest BCUT2D eigenvalue weighted by Crippen LogP contribution is -2.53. The van der Waals surface area contributed by atoms with Crippen LogP contribution in [0, 0.1) is 5.82 Å². The smallest absolute Gasteiger partial charge is 0.169 e. The first-order valence-corrected chi connectivity index (χ1v) is 9.62. The Kier molecular flexibility index (Phi) is 6.31. The van der Waals surface area contributed by atoms with Gasteiger partial charge in [0, 0.05) is 43.8 Å². The van der Waals surface area contributed by atoms with E-state index >= 15 is 0 Å². The Morgan fingerprint density at radius 3 is 2.54 bits per heavy atom. The largest absolute Gasteiger partial charge is 0.360 e. The van der Waals surface area contributed by atoms with Gasteiger partial charge in [0.05, 0.1) is 0 Å². The minimum atomic E-state index is -0.285. The van der Waals surface area contributed by atoms with Gasteiger partial charge in [-0.3, -0.25) is 4.90 Å². The lowest BCUT2D eigenvalue weighted by atomic mass is 9.96. The molecule has 3 rings (SSSR count). The molecule has 0 spiro atoms. The van der Waals surface area contributed by atoms with Crippen molar-refractivity contribution in [1.82, 2.24) is 15.1 Å². The molecule has 0 amide bonds. The van der Waals surface area contributed by atoms with E-state index < -0.39 is 0 Å². The third kappa shape index (κ3) is 4.80. The zero-order valence-electron chi connectivity index (χ0n) is 13.9. The normalized spacial score (nSPS) is 20.2. The number of nitrogens with zero attached hydrogens (tertiary/aromatic N) is 2. The quantitative estimate of drug-likeness (QED) is 0.816. The summed E-state index contributed by atoms with van der Waals surface area (Å²) in [7, 11) is 0. The van der Waals surface area contributed by atoms with Gasteiger partial charge in [-0.2, -0.15) is 0 Å². The van der Waals surface area contributed by atoms with Crippen LogP contribution in [0.2, 0.25) is 5.02 Å². The molecule has 0 radical (unpaired) electrons. The van der Waals surface area contributed by atoms with E-state index in [0.717, 1.165) is 43.4 Å². The zero-order chi connectivity index (χ0) is 16.9. The molecule has 0 unspecified atom stereocenters. The van der Waals surface area contributed by atoms with Crippen molar-refractivity contribution in [2.75, 3.05) is 26.2 Å². The van der Waals surface area contributed by atoms with Crippen molar-refractivity contribution in [3.8, 4) is 0 Å². The first-order chi connectivity index (χ1) is 11.6. The van der Waals surface area contributed by atoms with E-state index in [0.29, 0.717) is 11.1 Å². The van der Waals surface area contributed by atoms with E-state index in [2.05, 4.69) is 15.1 Å². The Balaban J connectivity index is 1.45. The van der Waals surface area contributed by atoms with Crippen molar-refractivity contribution in [3.05, 3.63) is 34.6 Å². The molecule has 132 valence electrons. The number of hydrogen-bond donors (Lipinski definition) is 1. The molecule has 2 fully saturated rings. The number of benzene rings is 1. The van der Waals surface area contributed by atoms with Crippen molar-refractivity contribution in [3.63, 3.8) is 0 Å². The summed E-state index contributed by atoms with van der Waals surface area (Å²) in [5, 5.41) is 4.95. The lowest BCUT2D eigenvalue weighted by Gasteiger charge is -2.37. The third-order valence-electron chi connectivity index (χ3n) is 5.00. The minimum Gasteiger partial charge on any atom is -0.360 e. The van der Waals surface area contributed by atoms with Crippen molar-refractivity contribution >= 4 is 28.9 Å². The molecule has 1 aromatic rings. The maximum atomic E-state index is 13.1. The molecule has 0 bridgehead atoms. The third-order valence-corrected chi connectivity index (χ3v) is 5.73. The molecular formula is C18H25ClFN3S. The number of thiocarbonyl (C=S) groups is 1. The Morgan fingerprint density at radius 1 is 1.17 bits per heavy atom. The van der Waals surface area contributed by atoms with Crippen LogP contribution >= 0.6 is 23.8 Å². The number of halogens is 2. The number of rotatable bonds is 3. The van der Waals surface area contributed by atoms with Gasteiger partial charge in [0.1, 0.15) is 5.82 Å². The molecule has 1 saturated heterocycles. The van der Waals surface area contributed by atoms with Crippen LogP contribution in [0.25, 0.3) is 0 Å². The van der Waals surface area contributed by atoms with Crippen LogP contribution < -0.4 is 5.32 Å². The summed E-state index contributed by atoms with van der Waals surface area (Å²) in [6, 6.07) is 5.19. The van der Waals surface area contributed by atoms with Crippen LogP contribution in [-0.2, 0) is 6.54 Å². The molecular weight excluding hydrogens is 345 g/mol. The zero-order valence-corrected chi connectivity index (χ0v) is 15.5. The van der Waals surface area contributed by atoms with E-state index in [1.807, 2.05) is 0 Å². The van der Waals surface area contributed by atoms with E-state index in [1.54, 1.807) is 6.07 Å². The molecule has 1 N–H and O–H groups in total. The van der Waals surface area contributed by atoms with Crippen LogP contribution in [-0.4, -0.2) is 47.1 Å². The molecule has 3 nitrogen and oxygen atoms in total. The highest BCUT2D eigenvalue weighted by Gasteiger charge is 2.22. The van der Waals surface area contributed by atoms with Gasteiger partial charge in [-0.15, -0.1) is 0 Å². The number of hydrogen-bond acceptors (Lipinski definition) is 2. The van der Waals surface area contributed by atoms with Crippen LogP contribution in [0.1, 0.15) is 37.7 Å². The van der Waals surface area contributed by atoms with E-state index in [4.69, 9.17) is 23.8 Å². The summed E-state index contributed by atoms with van der Waals surface area (Å²) in [5.41, 5.74) is 0.981. The van der Waals surface area contributed by atoms with Gasteiger partial charge < -0.3 is 10.2 Å². The van der Waals surface area contributed by atoms with E-state index in [9.17, 15) is 4.39 Å². The molecule has 0 aromatic heterocycles. The fraction of sp³-hybridized carbons (Fsp3) is 0.611. The minimum absolute atomic E-state index is 0.285. The molecule has 1 aliphatic carbocycles. The first kappa shape index (κ1) is 17.9. The topological polar surface area (TPSA) is 18.5 Å². The fourth-order valence-electron chi connectivity index (χ4n) is 3.51. The first-order valence-electron chi connectivity index (χ1n) is 8.83. The van der Waals surface area contributed by atoms with Crippen LogP contribution in [0.3, 0.4) is 0 Å². The Morgan fingerprint density at radius 2 is 1.88 bits per heavy atom. The summed E-state index contributed by atoms with van der Waals surface area (Å²) in [5.74, 6) is -0.285. The van der Waals surface area contributed by atoms with Crippen molar-refractivity contribution in [2.24, 2.45) is 0 Å². The maximum absolute atomic E-state index is 13.1. The van der Waals surface area contributed by atoms with Crippen LogP contribution in [0.5, 0.6) is 0 Å². The van der Waals surface area contributed by atoms with Gasteiger partial charge in [-0.05, 0) is 42.8 Å². The molecule has 2 aliphatic rings. The lowest BCUT2D eigenvalue weighted by molar-refractivity contribution is 0.173. The van der Waals surface area contributed by atoms with E-state index in [-0.39, 0.29) is 5.82 Å². The summed E-state index contributed by atoms with van der Waals surface area (Å²) in [6.07, 6.45) is 6.46. The predicted octanol–water partition coefficient (Wildman–Crippen LogP) is 3.80. The molecule has 1 aliphatic heterocycles. The second-order valence-corrected chi connectivity index (χ2v) is 7.58. The molecule has 1 aromatic carbocycles. The van der Waals surface area contributed by atoms with Crippen molar-refractivity contribution in [1.29, 1.82) is 0 Å². The average Bonchev–Trinajstić information content (AvgIpc) is 2.59. The monoisotopic (exact) mass is 369 g/mol. The highest BCUT2D eigenvalue weighted by molar-refractivity contribution is 7.80. The van der Waals surface area contributed by atoms with E-state index in [1.165, 1.54) is 44.2 Å². The molecule has 1 saturated carbocycles. The SMILES string of the molecule is Fc1ccc(CN2CCN(C(=S)NC3CCCCC3)CC2)c(Cl)c1. The van der Waals surface area contributed by atoms with Gasteiger partial charge in [-0.25, -0.2) is 4.39 Å². The molecule has 1 heterocycles.